The van der Waals surface area contributed by atoms with Crippen molar-refractivity contribution in [1.82, 2.24) is 0 Å². The monoisotopic (exact) mass is 378 g/mol. The fourth-order valence-corrected chi connectivity index (χ4v) is 2.36. The second-order valence-corrected chi connectivity index (χ2v) is 6.40. The molecule has 4 rings (SSSR count). The first-order chi connectivity index (χ1) is 12.7. The van der Waals surface area contributed by atoms with Crippen molar-refractivity contribution in [2.75, 3.05) is 33.5 Å². The molecule has 0 unspecified atom stereocenters. The number of benzene rings is 2. The number of methoxy groups -OCH3 is 1. The van der Waals surface area contributed by atoms with E-state index >= 15 is 0 Å². The molecule has 6 heteroatoms. The van der Waals surface area contributed by atoms with Crippen molar-refractivity contribution in [2.24, 2.45) is 0 Å². The standard InChI is InChI=1S/C11H14O3.C9H9ClO2/c1-12-10-4-2-3-5-11(10)13-7-6-9-8-14-9;10-7-2-1-3-8(4-7)11-5-9-6-12-9/h2-5,9H,6-8H2,1H3;1-4,9H,5-6H2/t2*9-/m00/s1. The minimum absolute atomic E-state index is 0.295. The summed E-state index contributed by atoms with van der Waals surface area (Å²) in [5.74, 6) is 2.39. The third-order valence-corrected chi connectivity index (χ3v) is 4.04. The van der Waals surface area contributed by atoms with Crippen LogP contribution in [0.15, 0.2) is 48.5 Å². The molecule has 5 nitrogen and oxygen atoms in total. The Morgan fingerprint density at radius 2 is 1.69 bits per heavy atom. The zero-order chi connectivity index (χ0) is 18.2. The van der Waals surface area contributed by atoms with E-state index in [2.05, 4.69) is 0 Å². The Balaban J connectivity index is 0.000000152. The van der Waals surface area contributed by atoms with Gasteiger partial charge in [-0.05, 0) is 30.3 Å². The normalized spacial score (nSPS) is 19.8. The van der Waals surface area contributed by atoms with Gasteiger partial charge in [-0.15, -0.1) is 0 Å². The van der Waals surface area contributed by atoms with Gasteiger partial charge in [-0.1, -0.05) is 29.8 Å². The van der Waals surface area contributed by atoms with Crippen LogP contribution in [-0.4, -0.2) is 45.7 Å². The molecule has 0 saturated carbocycles. The van der Waals surface area contributed by atoms with E-state index in [-0.39, 0.29) is 0 Å². The number of halogens is 1. The van der Waals surface area contributed by atoms with Crippen LogP contribution in [0.1, 0.15) is 6.42 Å². The fraction of sp³-hybridized carbons (Fsp3) is 0.400. The minimum atomic E-state index is 0.295. The Hall–Kier alpha value is -1.95. The Morgan fingerprint density at radius 1 is 0.962 bits per heavy atom. The number of para-hydroxylation sites is 2. The molecule has 2 atom stereocenters. The largest absolute Gasteiger partial charge is 0.493 e. The second-order valence-electron chi connectivity index (χ2n) is 5.97. The first-order valence-electron chi connectivity index (χ1n) is 8.62. The van der Waals surface area contributed by atoms with E-state index in [9.17, 15) is 0 Å². The van der Waals surface area contributed by atoms with Gasteiger partial charge in [0.25, 0.3) is 0 Å². The molecule has 2 saturated heterocycles. The van der Waals surface area contributed by atoms with Crippen LogP contribution in [0.2, 0.25) is 5.02 Å². The Morgan fingerprint density at radius 3 is 2.35 bits per heavy atom. The lowest BCUT2D eigenvalue weighted by molar-refractivity contribution is 0.263. The van der Waals surface area contributed by atoms with Gasteiger partial charge in [0.05, 0.1) is 33.0 Å². The molecule has 0 amide bonds. The lowest BCUT2D eigenvalue weighted by atomic mass is 10.3. The summed E-state index contributed by atoms with van der Waals surface area (Å²) in [7, 11) is 1.65. The fourth-order valence-electron chi connectivity index (χ4n) is 2.18. The van der Waals surface area contributed by atoms with Crippen molar-refractivity contribution >= 4 is 11.6 Å². The molecular formula is C20H23ClO5. The molecule has 2 fully saturated rings. The summed E-state index contributed by atoms with van der Waals surface area (Å²) in [6.45, 7) is 3.02. The number of hydrogen-bond acceptors (Lipinski definition) is 5. The third-order valence-electron chi connectivity index (χ3n) is 3.80. The number of hydrogen-bond donors (Lipinski definition) is 0. The van der Waals surface area contributed by atoms with Crippen LogP contribution in [-0.2, 0) is 9.47 Å². The van der Waals surface area contributed by atoms with Crippen LogP contribution < -0.4 is 14.2 Å². The van der Waals surface area contributed by atoms with Crippen molar-refractivity contribution in [3.8, 4) is 17.2 Å². The van der Waals surface area contributed by atoms with Gasteiger partial charge in [0.1, 0.15) is 18.5 Å². The Labute approximate surface area is 158 Å². The molecule has 2 aliphatic rings. The molecule has 0 aliphatic carbocycles. The van der Waals surface area contributed by atoms with Gasteiger partial charge < -0.3 is 23.7 Å². The van der Waals surface area contributed by atoms with E-state index in [0.29, 0.717) is 30.4 Å². The van der Waals surface area contributed by atoms with Gasteiger partial charge in [-0.3, -0.25) is 0 Å². The lowest BCUT2D eigenvalue weighted by Gasteiger charge is -2.09. The molecule has 0 radical (unpaired) electrons. The summed E-state index contributed by atoms with van der Waals surface area (Å²) in [4.78, 5) is 0. The Kier molecular flexibility index (Phi) is 7.00. The van der Waals surface area contributed by atoms with E-state index in [1.807, 2.05) is 42.5 Å². The maximum Gasteiger partial charge on any atom is 0.161 e. The van der Waals surface area contributed by atoms with Gasteiger partial charge >= 0.3 is 0 Å². The molecule has 2 aliphatic heterocycles. The number of ether oxygens (including phenoxy) is 5. The first-order valence-corrected chi connectivity index (χ1v) is 9.00. The summed E-state index contributed by atoms with van der Waals surface area (Å²) in [5, 5.41) is 0.698. The van der Waals surface area contributed by atoms with Gasteiger partial charge in [0.2, 0.25) is 0 Å². The quantitative estimate of drug-likeness (QED) is 0.650. The maximum absolute atomic E-state index is 5.76. The van der Waals surface area contributed by atoms with E-state index in [4.69, 9.17) is 35.3 Å². The summed E-state index contributed by atoms with van der Waals surface area (Å²) in [6, 6.07) is 15.0. The SMILES string of the molecule is COc1ccccc1OCC[C@H]1CO1.Clc1cccc(OC[C@H]2CO2)c1. The lowest BCUT2D eigenvalue weighted by Crippen LogP contribution is -2.03. The third kappa shape index (κ3) is 6.75. The van der Waals surface area contributed by atoms with Crippen molar-refractivity contribution in [1.29, 1.82) is 0 Å². The van der Waals surface area contributed by atoms with Crippen LogP contribution in [0.25, 0.3) is 0 Å². The average Bonchev–Trinajstić information content (AvgIpc) is 3.56. The topological polar surface area (TPSA) is 52.8 Å². The van der Waals surface area contributed by atoms with Crippen LogP contribution in [0.3, 0.4) is 0 Å². The Bertz CT molecular complexity index is 685. The van der Waals surface area contributed by atoms with Crippen LogP contribution >= 0.6 is 11.6 Å². The van der Waals surface area contributed by atoms with Gasteiger partial charge in [-0.25, -0.2) is 0 Å². The number of rotatable bonds is 8. The molecular weight excluding hydrogens is 356 g/mol. The molecule has 0 aromatic heterocycles. The van der Waals surface area contributed by atoms with Crippen molar-refractivity contribution in [3.63, 3.8) is 0 Å². The summed E-state index contributed by atoms with van der Waals surface area (Å²) in [6.07, 6.45) is 1.67. The van der Waals surface area contributed by atoms with Crippen molar-refractivity contribution in [3.05, 3.63) is 53.6 Å². The zero-order valence-electron chi connectivity index (χ0n) is 14.7. The van der Waals surface area contributed by atoms with E-state index in [0.717, 1.165) is 36.9 Å². The van der Waals surface area contributed by atoms with Crippen LogP contribution in [0.5, 0.6) is 17.2 Å². The molecule has 0 N–H and O–H groups in total. The van der Waals surface area contributed by atoms with E-state index < -0.39 is 0 Å². The first kappa shape index (κ1) is 18.8. The van der Waals surface area contributed by atoms with Gasteiger partial charge in [0.15, 0.2) is 11.5 Å². The highest BCUT2D eigenvalue weighted by Gasteiger charge is 2.23. The summed E-state index contributed by atoms with van der Waals surface area (Å²) < 4.78 is 26.2. The van der Waals surface area contributed by atoms with E-state index in [1.54, 1.807) is 13.2 Å². The van der Waals surface area contributed by atoms with Crippen LogP contribution in [0.4, 0.5) is 0 Å². The van der Waals surface area contributed by atoms with Gasteiger partial charge in [0, 0.05) is 11.4 Å². The summed E-state index contributed by atoms with van der Waals surface area (Å²) in [5.41, 5.74) is 0. The smallest absolute Gasteiger partial charge is 0.161 e. The molecule has 2 aromatic rings. The summed E-state index contributed by atoms with van der Waals surface area (Å²) >= 11 is 5.76. The maximum atomic E-state index is 5.76. The molecule has 26 heavy (non-hydrogen) atoms. The molecule has 2 heterocycles. The van der Waals surface area contributed by atoms with E-state index in [1.165, 1.54) is 0 Å². The highest BCUT2D eigenvalue weighted by atomic mass is 35.5. The van der Waals surface area contributed by atoms with Crippen molar-refractivity contribution in [2.45, 2.75) is 18.6 Å². The second kappa shape index (κ2) is 9.67. The predicted molar refractivity (Wildman–Crippen MR) is 99.5 cm³/mol. The highest BCUT2D eigenvalue weighted by molar-refractivity contribution is 6.30. The molecule has 140 valence electrons. The van der Waals surface area contributed by atoms with Gasteiger partial charge in [-0.2, -0.15) is 0 Å². The van der Waals surface area contributed by atoms with Crippen molar-refractivity contribution < 1.29 is 23.7 Å². The molecule has 0 bridgehead atoms. The highest BCUT2D eigenvalue weighted by Crippen LogP contribution is 2.26. The minimum Gasteiger partial charge on any atom is -0.493 e. The predicted octanol–water partition coefficient (Wildman–Crippen LogP) is 3.98. The zero-order valence-corrected chi connectivity index (χ0v) is 15.5. The number of epoxide rings is 2. The molecule has 0 spiro atoms. The molecule has 2 aromatic carbocycles. The van der Waals surface area contributed by atoms with Crippen LogP contribution in [0, 0.1) is 0 Å². The average molecular weight is 379 g/mol.